The van der Waals surface area contributed by atoms with Crippen LogP contribution in [0.4, 0.5) is 0 Å². The second-order valence-corrected chi connectivity index (χ2v) is 9.50. The Morgan fingerprint density at radius 1 is 0.944 bits per heavy atom. The van der Waals surface area contributed by atoms with Crippen LogP contribution in [0.3, 0.4) is 0 Å². The van der Waals surface area contributed by atoms with E-state index in [1.54, 1.807) is 0 Å². The fraction of sp³-hybridized carbons (Fsp3) is 0.233. The van der Waals surface area contributed by atoms with Crippen LogP contribution in [0.25, 0.3) is 44.4 Å². The second kappa shape index (κ2) is 8.71. The van der Waals surface area contributed by atoms with Crippen LogP contribution in [0.5, 0.6) is 0 Å². The van der Waals surface area contributed by atoms with Gasteiger partial charge in [0.2, 0.25) is 0 Å². The Hall–Kier alpha value is -3.22. The van der Waals surface area contributed by atoms with E-state index < -0.39 is 0 Å². The first-order valence-corrected chi connectivity index (χ1v) is 12.0. The van der Waals surface area contributed by atoms with Crippen LogP contribution in [0.1, 0.15) is 73.1 Å². The molecule has 2 aliphatic heterocycles. The molecule has 0 saturated heterocycles. The zero-order valence-electron chi connectivity index (χ0n) is 21.4. The molecule has 3 aromatic rings. The van der Waals surface area contributed by atoms with Gasteiger partial charge in [-0.3, -0.25) is 4.79 Å². The van der Waals surface area contributed by atoms with Gasteiger partial charge in [-0.1, -0.05) is 68.0 Å². The van der Waals surface area contributed by atoms with Gasteiger partial charge in [-0.15, -0.1) is 22.1 Å². The maximum Gasteiger partial charge on any atom is 2.00 e. The molecule has 1 atom stereocenters. The van der Waals surface area contributed by atoms with E-state index in [-0.39, 0.29) is 34.8 Å². The molecule has 1 aliphatic carbocycles. The topological polar surface area (TPSA) is 71.1 Å². The van der Waals surface area contributed by atoms with Crippen molar-refractivity contribution in [3.63, 3.8) is 0 Å². The van der Waals surface area contributed by atoms with Crippen LogP contribution in [0.2, 0.25) is 0 Å². The number of nitrogens with zero attached hydrogens (tertiary/aromatic N) is 4. The number of ketones is 1. The Labute approximate surface area is 226 Å². The third kappa shape index (κ3) is 3.39. The van der Waals surface area contributed by atoms with Crippen LogP contribution in [-0.2, 0) is 11.2 Å². The number of carbonyl (C=O) groups excluding carboxylic acids is 1. The molecule has 0 N–H and O–H groups in total. The van der Waals surface area contributed by atoms with Gasteiger partial charge in [0, 0.05) is 17.1 Å². The smallest absolute Gasteiger partial charge is 0.657 e. The van der Waals surface area contributed by atoms with E-state index in [0.29, 0.717) is 0 Å². The number of hydrogen-bond acceptors (Lipinski definition) is 3. The van der Waals surface area contributed by atoms with Gasteiger partial charge in [0.05, 0.1) is 22.8 Å². The van der Waals surface area contributed by atoms with Gasteiger partial charge in [-0.2, -0.15) is 0 Å². The molecule has 3 aromatic heterocycles. The largest absolute Gasteiger partial charge is 2.00 e. The first kappa shape index (κ1) is 24.5. The molecule has 0 unspecified atom stereocenters. The summed E-state index contributed by atoms with van der Waals surface area (Å²) in [5.74, 6) is -0.161. The van der Waals surface area contributed by atoms with Crippen molar-refractivity contribution in [1.29, 1.82) is 0 Å². The summed E-state index contributed by atoms with van der Waals surface area (Å²) in [6.45, 7) is 14.3. The maximum absolute atomic E-state index is 13.3. The van der Waals surface area contributed by atoms with E-state index in [9.17, 15) is 4.79 Å². The summed E-state index contributed by atoms with van der Waals surface area (Å²) in [6.07, 6.45) is 2.71. The molecule has 6 rings (SSSR count). The number of hydrogen-bond donors (Lipinski definition) is 0. The molecule has 36 heavy (non-hydrogen) atoms. The van der Waals surface area contributed by atoms with Crippen molar-refractivity contribution in [1.82, 2.24) is 19.9 Å². The Bertz CT molecular complexity index is 1710. The molecular formula is C30H26MgN4O. The number of carbonyl (C=O) groups is 1. The van der Waals surface area contributed by atoms with Crippen molar-refractivity contribution in [2.45, 2.75) is 47.0 Å². The van der Waals surface area contributed by atoms with Crippen molar-refractivity contribution < 1.29 is 4.79 Å². The molecule has 6 heteroatoms. The Morgan fingerprint density at radius 2 is 1.67 bits per heavy atom. The third-order valence-electron chi connectivity index (χ3n) is 7.57. The van der Waals surface area contributed by atoms with Crippen LogP contribution in [0, 0.1) is 6.92 Å². The van der Waals surface area contributed by atoms with Gasteiger partial charge in [-0.25, -0.2) is 9.97 Å². The quantitative estimate of drug-likeness (QED) is 0.432. The van der Waals surface area contributed by atoms with Gasteiger partial charge < -0.3 is 9.97 Å². The van der Waals surface area contributed by atoms with E-state index in [2.05, 4.69) is 27.4 Å². The summed E-state index contributed by atoms with van der Waals surface area (Å²) in [6, 6.07) is 10.0. The zero-order chi connectivity index (χ0) is 24.6. The molecule has 0 saturated carbocycles. The molecule has 5 heterocycles. The zero-order valence-corrected chi connectivity index (χ0v) is 22.8. The molecule has 0 amide bonds. The second-order valence-electron chi connectivity index (χ2n) is 9.50. The van der Waals surface area contributed by atoms with Crippen LogP contribution in [-0.4, -0.2) is 38.8 Å². The Balaban J connectivity index is 0.00000267. The summed E-state index contributed by atoms with van der Waals surface area (Å²) in [4.78, 5) is 33.1. The molecule has 3 aliphatic rings. The maximum atomic E-state index is 13.3. The Morgan fingerprint density at radius 3 is 2.39 bits per heavy atom. The fourth-order valence-electron chi connectivity index (χ4n) is 5.55. The minimum atomic E-state index is -0.272. The number of aryl methyl sites for hydroxylation is 2. The minimum absolute atomic E-state index is 0. The van der Waals surface area contributed by atoms with E-state index in [4.69, 9.17) is 19.9 Å². The number of rotatable bonds is 2. The summed E-state index contributed by atoms with van der Waals surface area (Å²) in [5, 5.41) is 0. The first-order valence-electron chi connectivity index (χ1n) is 12.0. The van der Waals surface area contributed by atoms with Gasteiger partial charge >= 0.3 is 23.1 Å². The number of aromatic nitrogens is 4. The van der Waals surface area contributed by atoms with Gasteiger partial charge in [0.25, 0.3) is 0 Å². The van der Waals surface area contributed by atoms with E-state index >= 15 is 0 Å². The van der Waals surface area contributed by atoms with Crippen molar-refractivity contribution in [2.24, 2.45) is 0 Å². The number of allylic oxidation sites excluding steroid dienone is 5. The number of Topliss-reactive ketones (excluding diaryl/α,β-unsaturated/α-hetero) is 1. The SMILES string of the molecule is C=CC1=C(C)c2cc3ccc([n-]3)c3c4nc(cc5[n-]c(cc1n2)c(C)c5CC)C(C)=C4C(=O)[C@@H]3C.[Mg+2]. The van der Waals surface area contributed by atoms with Crippen molar-refractivity contribution >= 4 is 73.2 Å². The van der Waals surface area contributed by atoms with Crippen molar-refractivity contribution in [2.75, 3.05) is 0 Å². The predicted octanol–water partition coefficient (Wildman–Crippen LogP) is 5.80. The van der Waals surface area contributed by atoms with Crippen molar-refractivity contribution in [3.05, 3.63) is 82.5 Å². The van der Waals surface area contributed by atoms with Crippen LogP contribution in [0.15, 0.2) is 43.0 Å². The molecule has 0 spiro atoms. The third-order valence-corrected chi connectivity index (χ3v) is 7.57. The standard InChI is InChI=1S/C30H27N4O.Mg/c1-7-19-14(3)22-11-18-9-10-21(31-18)27-17(6)30(35)28-16(5)24(34-29(27)28)13-26-20(8-2)15(4)23(33-26)12-25(19)32-22;/h7,9-13,17H,1,8H2,2-6H3,(H-,31,32,33,34,35);/q-1;+2/p-1/t17-;/m1./s1. The molecule has 0 aromatic carbocycles. The minimum Gasteiger partial charge on any atom is -0.657 e. The average molecular weight is 483 g/mol. The van der Waals surface area contributed by atoms with Crippen LogP contribution < -0.4 is 9.97 Å². The van der Waals surface area contributed by atoms with E-state index in [1.807, 2.05) is 50.3 Å². The molecule has 0 radical (unpaired) electrons. The normalized spacial score (nSPS) is 16.6. The number of fused-ring (bicyclic) bond motifs is 8. The fourth-order valence-corrected chi connectivity index (χ4v) is 5.55. The summed E-state index contributed by atoms with van der Waals surface area (Å²) in [7, 11) is 0. The van der Waals surface area contributed by atoms with Gasteiger partial charge in [-0.05, 0) is 43.9 Å². The molecule has 0 fully saturated rings. The summed E-state index contributed by atoms with van der Waals surface area (Å²) >= 11 is 0. The summed E-state index contributed by atoms with van der Waals surface area (Å²) < 4.78 is 0. The molecular weight excluding hydrogens is 457 g/mol. The van der Waals surface area contributed by atoms with Gasteiger partial charge in [0.1, 0.15) is 0 Å². The van der Waals surface area contributed by atoms with Crippen LogP contribution >= 0.6 is 0 Å². The summed E-state index contributed by atoms with van der Waals surface area (Å²) in [5.41, 5.74) is 13.6. The van der Waals surface area contributed by atoms with E-state index in [1.165, 1.54) is 5.56 Å². The molecule has 5 nitrogen and oxygen atoms in total. The van der Waals surface area contributed by atoms with Gasteiger partial charge in [0.15, 0.2) is 5.78 Å². The predicted molar refractivity (Wildman–Crippen MR) is 147 cm³/mol. The molecule has 174 valence electrons. The first-order chi connectivity index (χ1) is 16.8. The molecule has 8 bridgehead atoms. The van der Waals surface area contributed by atoms with E-state index in [0.717, 1.165) is 84.7 Å². The monoisotopic (exact) mass is 482 g/mol. The van der Waals surface area contributed by atoms with Crippen molar-refractivity contribution in [3.8, 4) is 0 Å². The Kier molecular flexibility index (Phi) is 5.92. The average Bonchev–Trinajstić information content (AvgIpc) is 3.59.